The summed E-state index contributed by atoms with van der Waals surface area (Å²) >= 11 is 0. The van der Waals surface area contributed by atoms with Gasteiger partial charge in [-0.3, -0.25) is 0 Å². The van der Waals surface area contributed by atoms with E-state index in [2.05, 4.69) is 72.0 Å². The van der Waals surface area contributed by atoms with Crippen molar-refractivity contribution >= 4 is 0 Å². The van der Waals surface area contributed by atoms with Gasteiger partial charge in [0, 0.05) is 5.54 Å². The maximum absolute atomic E-state index is 3.58. The van der Waals surface area contributed by atoms with Crippen LogP contribution in [0.5, 0.6) is 0 Å². The van der Waals surface area contributed by atoms with Crippen LogP contribution in [0.3, 0.4) is 0 Å². The van der Waals surface area contributed by atoms with Crippen molar-refractivity contribution < 1.29 is 0 Å². The summed E-state index contributed by atoms with van der Waals surface area (Å²) in [5, 5.41) is 3.58. The van der Waals surface area contributed by atoms with Crippen molar-refractivity contribution in [2.24, 2.45) is 0 Å². The van der Waals surface area contributed by atoms with Gasteiger partial charge in [0.25, 0.3) is 0 Å². The summed E-state index contributed by atoms with van der Waals surface area (Å²) in [4.78, 5) is 0. The van der Waals surface area contributed by atoms with Crippen LogP contribution in [0.25, 0.3) is 0 Å². The molecule has 1 aromatic carbocycles. The van der Waals surface area contributed by atoms with E-state index < -0.39 is 0 Å². The average molecular weight is 247 g/mol. The number of rotatable bonds is 4. The molecule has 0 bridgehead atoms. The van der Waals surface area contributed by atoms with E-state index in [-0.39, 0.29) is 11.0 Å². The van der Waals surface area contributed by atoms with Gasteiger partial charge >= 0.3 is 0 Å². The first kappa shape index (κ1) is 15.2. The van der Waals surface area contributed by atoms with E-state index in [0.29, 0.717) is 0 Å². The van der Waals surface area contributed by atoms with Crippen molar-refractivity contribution in [1.29, 1.82) is 0 Å². The minimum absolute atomic E-state index is 0.207. The van der Waals surface area contributed by atoms with Gasteiger partial charge < -0.3 is 5.32 Å². The van der Waals surface area contributed by atoms with Crippen molar-refractivity contribution in [2.45, 2.75) is 65.8 Å². The van der Waals surface area contributed by atoms with Crippen LogP contribution in [0.15, 0.2) is 18.2 Å². The van der Waals surface area contributed by atoms with Crippen LogP contribution in [0.1, 0.15) is 57.7 Å². The molecular formula is C17H29N. The normalized spacial score (nSPS) is 12.8. The smallest absolute Gasteiger partial charge is 0.00965 e. The molecule has 0 amide bonds. The predicted octanol–water partition coefficient (Wildman–Crippen LogP) is 4.36. The molecule has 0 aromatic heterocycles. The molecule has 0 aliphatic carbocycles. The summed E-state index contributed by atoms with van der Waals surface area (Å²) in [7, 11) is 0. The topological polar surface area (TPSA) is 12.0 Å². The first-order valence-electron chi connectivity index (χ1n) is 6.94. The van der Waals surface area contributed by atoms with Crippen molar-refractivity contribution in [3.8, 4) is 0 Å². The molecule has 1 heteroatoms. The monoisotopic (exact) mass is 247 g/mol. The lowest BCUT2D eigenvalue weighted by molar-refractivity contribution is 0.379. The van der Waals surface area contributed by atoms with Crippen LogP contribution in [-0.2, 0) is 5.41 Å². The third kappa shape index (κ3) is 4.81. The largest absolute Gasteiger partial charge is 0.312 e. The molecule has 0 unspecified atom stereocenters. The van der Waals surface area contributed by atoms with Gasteiger partial charge in [-0.1, -0.05) is 43.2 Å². The fourth-order valence-electron chi connectivity index (χ4n) is 2.26. The quantitative estimate of drug-likeness (QED) is 0.833. The third-order valence-corrected chi connectivity index (χ3v) is 3.41. The van der Waals surface area contributed by atoms with Crippen LogP contribution in [0.4, 0.5) is 0 Å². The Balaban J connectivity index is 2.73. The molecule has 0 aliphatic heterocycles. The number of hydrogen-bond acceptors (Lipinski definition) is 1. The van der Waals surface area contributed by atoms with Gasteiger partial charge in [0.1, 0.15) is 0 Å². The van der Waals surface area contributed by atoms with Crippen LogP contribution in [0, 0.1) is 13.8 Å². The zero-order chi connectivity index (χ0) is 14.0. The number of hydrogen-bond donors (Lipinski definition) is 1. The lowest BCUT2D eigenvalue weighted by atomic mass is 9.80. The van der Waals surface area contributed by atoms with Gasteiger partial charge in [-0.2, -0.15) is 0 Å². The highest BCUT2D eigenvalue weighted by Crippen LogP contribution is 2.28. The van der Waals surface area contributed by atoms with Crippen molar-refractivity contribution in [1.82, 2.24) is 5.32 Å². The first-order valence-corrected chi connectivity index (χ1v) is 6.94. The molecule has 1 aromatic rings. The fourth-order valence-corrected chi connectivity index (χ4v) is 2.26. The molecule has 0 saturated carbocycles. The molecule has 102 valence electrons. The predicted molar refractivity (Wildman–Crippen MR) is 81.3 cm³/mol. The fraction of sp³-hybridized carbons (Fsp3) is 0.647. The molecule has 0 heterocycles. The highest BCUT2D eigenvalue weighted by atomic mass is 14.9. The third-order valence-electron chi connectivity index (χ3n) is 3.41. The van der Waals surface area contributed by atoms with Gasteiger partial charge in [0.2, 0.25) is 0 Å². The second kappa shape index (κ2) is 5.44. The van der Waals surface area contributed by atoms with Gasteiger partial charge in [0.15, 0.2) is 0 Å². The van der Waals surface area contributed by atoms with Crippen molar-refractivity contribution in [3.63, 3.8) is 0 Å². The molecular weight excluding hydrogens is 218 g/mol. The van der Waals surface area contributed by atoms with Gasteiger partial charge in [-0.15, -0.1) is 0 Å². The van der Waals surface area contributed by atoms with E-state index in [9.17, 15) is 0 Å². The minimum Gasteiger partial charge on any atom is -0.312 e. The molecule has 0 aliphatic rings. The molecule has 0 spiro atoms. The molecule has 0 radical (unpaired) electrons. The van der Waals surface area contributed by atoms with E-state index in [1.165, 1.54) is 16.7 Å². The molecule has 1 N–H and O–H groups in total. The SMILES string of the molecule is Cc1cc(C)cc(C(C)(C)CCNC(C)(C)C)c1. The average Bonchev–Trinajstić information content (AvgIpc) is 2.13. The standard InChI is InChI=1S/C17H29N/c1-13-10-14(2)12-15(11-13)17(6,7)8-9-18-16(3,4)5/h10-12,18H,8-9H2,1-7H3. The Morgan fingerprint density at radius 2 is 1.39 bits per heavy atom. The van der Waals surface area contributed by atoms with E-state index in [1.54, 1.807) is 0 Å². The van der Waals surface area contributed by atoms with Gasteiger partial charge in [0.05, 0.1) is 0 Å². The Hall–Kier alpha value is -0.820. The first-order chi connectivity index (χ1) is 8.10. The van der Waals surface area contributed by atoms with E-state index in [4.69, 9.17) is 0 Å². The molecule has 0 saturated heterocycles. The summed E-state index contributed by atoms with van der Waals surface area (Å²) in [6.07, 6.45) is 1.16. The zero-order valence-electron chi connectivity index (χ0n) is 13.1. The minimum atomic E-state index is 0.207. The Morgan fingerprint density at radius 3 is 1.83 bits per heavy atom. The summed E-state index contributed by atoms with van der Waals surface area (Å²) in [6.45, 7) is 16.8. The Labute approximate surface area is 113 Å². The Kier molecular flexibility index (Phi) is 4.61. The van der Waals surface area contributed by atoms with Crippen LogP contribution in [-0.4, -0.2) is 12.1 Å². The number of aryl methyl sites for hydroxylation is 2. The molecule has 0 fully saturated rings. The van der Waals surface area contributed by atoms with E-state index in [1.807, 2.05) is 0 Å². The Bertz CT molecular complexity index is 376. The highest BCUT2D eigenvalue weighted by molar-refractivity contribution is 5.33. The molecule has 1 rings (SSSR count). The van der Waals surface area contributed by atoms with Crippen LogP contribution in [0.2, 0.25) is 0 Å². The summed E-state index contributed by atoms with van der Waals surface area (Å²) in [5.41, 5.74) is 4.62. The number of nitrogens with one attached hydrogen (secondary N) is 1. The maximum atomic E-state index is 3.58. The van der Waals surface area contributed by atoms with Crippen LogP contribution < -0.4 is 5.32 Å². The summed E-state index contributed by atoms with van der Waals surface area (Å²) in [6, 6.07) is 6.89. The van der Waals surface area contributed by atoms with Crippen LogP contribution >= 0.6 is 0 Å². The van der Waals surface area contributed by atoms with Gasteiger partial charge in [-0.05, 0) is 58.6 Å². The zero-order valence-corrected chi connectivity index (χ0v) is 13.1. The lowest BCUT2D eigenvalue weighted by Crippen LogP contribution is -2.38. The second-order valence-electron chi connectivity index (χ2n) is 7.19. The Morgan fingerprint density at radius 1 is 0.889 bits per heavy atom. The molecule has 0 atom stereocenters. The van der Waals surface area contributed by atoms with E-state index in [0.717, 1.165) is 13.0 Å². The summed E-state index contributed by atoms with van der Waals surface area (Å²) < 4.78 is 0. The lowest BCUT2D eigenvalue weighted by Gasteiger charge is -2.29. The summed E-state index contributed by atoms with van der Waals surface area (Å²) in [5.74, 6) is 0. The van der Waals surface area contributed by atoms with Gasteiger partial charge in [-0.25, -0.2) is 0 Å². The highest BCUT2D eigenvalue weighted by Gasteiger charge is 2.21. The second-order valence-corrected chi connectivity index (χ2v) is 7.19. The van der Waals surface area contributed by atoms with E-state index >= 15 is 0 Å². The molecule has 1 nitrogen and oxygen atoms in total. The molecule has 18 heavy (non-hydrogen) atoms. The maximum Gasteiger partial charge on any atom is 0.00965 e. The van der Waals surface area contributed by atoms with Crippen molar-refractivity contribution in [2.75, 3.05) is 6.54 Å². The van der Waals surface area contributed by atoms with Crippen molar-refractivity contribution in [3.05, 3.63) is 34.9 Å². The number of benzene rings is 1.